The summed E-state index contributed by atoms with van der Waals surface area (Å²) in [5, 5.41) is 2.97. The van der Waals surface area contributed by atoms with Gasteiger partial charge in [-0.3, -0.25) is 9.59 Å². The molecule has 1 aliphatic heterocycles. The summed E-state index contributed by atoms with van der Waals surface area (Å²) in [4.78, 5) is 27.4. The van der Waals surface area contributed by atoms with Crippen LogP contribution in [-0.2, 0) is 19.6 Å². The molecule has 1 aromatic carbocycles. The van der Waals surface area contributed by atoms with Gasteiger partial charge in [0.1, 0.15) is 0 Å². The van der Waals surface area contributed by atoms with E-state index in [4.69, 9.17) is 28.9 Å². The molecule has 2 fully saturated rings. The van der Waals surface area contributed by atoms with Crippen molar-refractivity contribution >= 4 is 45.0 Å². The van der Waals surface area contributed by atoms with E-state index in [2.05, 4.69) is 5.32 Å². The number of amides is 2. The molecule has 11 heteroatoms. The third-order valence-corrected chi connectivity index (χ3v) is 8.67. The zero-order valence-electron chi connectivity index (χ0n) is 17.9. The highest BCUT2D eigenvalue weighted by Gasteiger charge is 2.44. The highest BCUT2D eigenvalue weighted by atomic mass is 35.5. The van der Waals surface area contributed by atoms with E-state index in [0.717, 1.165) is 23.6 Å². The Hall–Kier alpha value is -1.39. The number of hydrogen-bond donors (Lipinski definition) is 2. The van der Waals surface area contributed by atoms with Crippen molar-refractivity contribution in [3.63, 3.8) is 0 Å². The first-order chi connectivity index (χ1) is 15.3. The maximum atomic E-state index is 13.5. The molecule has 1 unspecified atom stereocenters. The molecule has 32 heavy (non-hydrogen) atoms. The molecule has 1 atom stereocenters. The summed E-state index contributed by atoms with van der Waals surface area (Å²) in [5.41, 5.74) is 5.51. The van der Waals surface area contributed by atoms with Crippen LogP contribution >= 0.6 is 23.2 Å². The number of nitrogens with two attached hydrogens (primary N) is 1. The van der Waals surface area contributed by atoms with Crippen LogP contribution in [0, 0.1) is 5.92 Å². The molecule has 2 aliphatic rings. The van der Waals surface area contributed by atoms with Crippen LogP contribution in [0.1, 0.15) is 44.9 Å². The molecule has 178 valence electrons. The van der Waals surface area contributed by atoms with Gasteiger partial charge in [-0.2, -0.15) is 4.31 Å². The van der Waals surface area contributed by atoms with Crippen molar-refractivity contribution in [1.29, 1.82) is 0 Å². The summed E-state index contributed by atoms with van der Waals surface area (Å²) < 4.78 is 28.0. The Morgan fingerprint density at radius 1 is 1.09 bits per heavy atom. The van der Waals surface area contributed by atoms with Crippen LogP contribution in [-0.4, -0.2) is 61.8 Å². The first kappa shape index (κ1) is 25.2. The van der Waals surface area contributed by atoms with E-state index < -0.39 is 22.1 Å². The van der Waals surface area contributed by atoms with Crippen molar-refractivity contribution in [2.45, 2.75) is 56.0 Å². The number of carbonyl (C=O) groups excluding carboxylic acids is 2. The van der Waals surface area contributed by atoms with E-state index in [1.54, 1.807) is 0 Å². The van der Waals surface area contributed by atoms with Gasteiger partial charge in [-0.05, 0) is 37.0 Å². The Kier molecular flexibility index (Phi) is 8.80. The normalized spacial score (nSPS) is 20.5. The second-order valence-corrected chi connectivity index (χ2v) is 11.0. The van der Waals surface area contributed by atoms with Crippen LogP contribution in [0.3, 0.4) is 0 Å². The van der Waals surface area contributed by atoms with Crippen molar-refractivity contribution in [3.8, 4) is 0 Å². The average Bonchev–Trinajstić information content (AvgIpc) is 3.30. The lowest BCUT2D eigenvalue weighted by molar-refractivity contribution is -0.147. The van der Waals surface area contributed by atoms with Gasteiger partial charge in [-0.1, -0.05) is 48.9 Å². The fourth-order valence-corrected chi connectivity index (χ4v) is 6.39. The summed E-state index contributed by atoms with van der Waals surface area (Å²) in [5.74, 6) is -0.254. The zero-order valence-corrected chi connectivity index (χ0v) is 20.3. The maximum absolute atomic E-state index is 13.5. The minimum atomic E-state index is -4.11. The van der Waals surface area contributed by atoms with Gasteiger partial charge in [0, 0.05) is 32.6 Å². The minimum Gasteiger partial charge on any atom is -0.352 e. The predicted molar refractivity (Wildman–Crippen MR) is 124 cm³/mol. The summed E-state index contributed by atoms with van der Waals surface area (Å²) in [7, 11) is -4.11. The second kappa shape index (κ2) is 11.2. The molecule has 3 rings (SSSR count). The number of nitrogens with one attached hydrogen (secondary N) is 1. The van der Waals surface area contributed by atoms with E-state index >= 15 is 0 Å². The molecule has 1 aromatic rings. The summed E-state index contributed by atoms with van der Waals surface area (Å²) in [6, 6.07) is 4.00. The van der Waals surface area contributed by atoms with Crippen molar-refractivity contribution < 1.29 is 18.0 Å². The third kappa shape index (κ3) is 5.75. The van der Waals surface area contributed by atoms with E-state index in [0.29, 0.717) is 25.3 Å². The smallest absolute Gasteiger partial charge is 0.259 e. The number of nitrogens with zero attached hydrogens (tertiary/aromatic N) is 2. The fraction of sp³-hybridized carbons (Fsp3) is 0.619. The van der Waals surface area contributed by atoms with Crippen molar-refractivity contribution in [3.05, 3.63) is 28.2 Å². The molecule has 1 aliphatic carbocycles. The Labute approximate surface area is 199 Å². The monoisotopic (exact) mass is 504 g/mol. The molecule has 1 saturated carbocycles. The van der Waals surface area contributed by atoms with Crippen LogP contribution in [0.25, 0.3) is 0 Å². The Balaban J connectivity index is 1.87. The predicted octanol–water partition coefficient (Wildman–Crippen LogP) is 2.59. The van der Waals surface area contributed by atoms with E-state index in [9.17, 15) is 18.0 Å². The molecule has 3 N–H and O–H groups in total. The van der Waals surface area contributed by atoms with Crippen LogP contribution in [0.5, 0.6) is 0 Å². The van der Waals surface area contributed by atoms with Crippen LogP contribution in [0.15, 0.2) is 23.1 Å². The standard InChI is InChI=1S/C21H30Cl2N4O4S/c22-17-8-7-16(14-18(17)23)32(30,31)27-13-3-12-26(21(27)20(29)25-11-10-24)19(28)9-6-15-4-1-2-5-15/h7-8,14-15,21H,1-6,9-13,24H2,(H,25,29). The molecule has 8 nitrogen and oxygen atoms in total. The van der Waals surface area contributed by atoms with Crippen LogP contribution < -0.4 is 11.1 Å². The average molecular weight is 505 g/mol. The summed E-state index contributed by atoms with van der Waals surface area (Å²) in [6.07, 6.45) is 4.81. The number of sulfonamides is 1. The highest BCUT2D eigenvalue weighted by Crippen LogP contribution is 2.31. The van der Waals surface area contributed by atoms with Crippen molar-refractivity contribution in [2.75, 3.05) is 26.2 Å². The number of halogens is 2. The summed E-state index contributed by atoms with van der Waals surface area (Å²) in [6.45, 7) is 0.807. The SMILES string of the molecule is NCCNC(=O)C1N(C(=O)CCC2CCCC2)CCCN1S(=O)(=O)c1ccc(Cl)c(Cl)c1. The molecule has 0 spiro atoms. The molecular formula is C21H30Cl2N4O4S. The van der Waals surface area contributed by atoms with E-state index in [1.807, 2.05) is 0 Å². The second-order valence-electron chi connectivity index (χ2n) is 8.27. The molecule has 1 saturated heterocycles. The molecule has 0 radical (unpaired) electrons. The van der Waals surface area contributed by atoms with Gasteiger partial charge in [0.05, 0.1) is 14.9 Å². The zero-order chi connectivity index (χ0) is 23.3. The minimum absolute atomic E-state index is 0.0798. The summed E-state index contributed by atoms with van der Waals surface area (Å²) >= 11 is 12.0. The maximum Gasteiger partial charge on any atom is 0.259 e. The van der Waals surface area contributed by atoms with Crippen LogP contribution in [0.2, 0.25) is 10.0 Å². The Bertz CT molecular complexity index is 938. The van der Waals surface area contributed by atoms with Gasteiger partial charge in [0.25, 0.3) is 5.91 Å². The first-order valence-corrected chi connectivity index (χ1v) is 13.2. The number of benzene rings is 1. The molecule has 2 amide bonds. The van der Waals surface area contributed by atoms with Crippen molar-refractivity contribution in [1.82, 2.24) is 14.5 Å². The van der Waals surface area contributed by atoms with Gasteiger partial charge in [-0.25, -0.2) is 8.42 Å². The lowest BCUT2D eigenvalue weighted by Gasteiger charge is -2.42. The van der Waals surface area contributed by atoms with Gasteiger partial charge in [0.2, 0.25) is 15.9 Å². The number of hydrogen-bond acceptors (Lipinski definition) is 5. The van der Waals surface area contributed by atoms with Gasteiger partial charge < -0.3 is 16.0 Å². The topological polar surface area (TPSA) is 113 Å². The van der Waals surface area contributed by atoms with Crippen molar-refractivity contribution in [2.24, 2.45) is 11.7 Å². The molecule has 0 aromatic heterocycles. The molecule has 1 heterocycles. The number of carbonyl (C=O) groups is 2. The third-order valence-electron chi connectivity index (χ3n) is 6.08. The Morgan fingerprint density at radius 2 is 1.81 bits per heavy atom. The number of rotatable bonds is 8. The lowest BCUT2D eigenvalue weighted by atomic mass is 10.0. The lowest BCUT2D eigenvalue weighted by Crippen LogP contribution is -2.63. The first-order valence-electron chi connectivity index (χ1n) is 11.0. The van der Waals surface area contributed by atoms with E-state index in [-0.39, 0.29) is 40.5 Å². The fourth-order valence-electron chi connectivity index (χ4n) is 4.41. The van der Waals surface area contributed by atoms with Gasteiger partial charge >= 0.3 is 0 Å². The molecular weight excluding hydrogens is 475 g/mol. The van der Waals surface area contributed by atoms with E-state index in [1.165, 1.54) is 35.9 Å². The largest absolute Gasteiger partial charge is 0.352 e. The Morgan fingerprint density at radius 3 is 2.47 bits per heavy atom. The molecule has 0 bridgehead atoms. The van der Waals surface area contributed by atoms with Gasteiger partial charge in [0.15, 0.2) is 6.17 Å². The van der Waals surface area contributed by atoms with Gasteiger partial charge in [-0.15, -0.1) is 0 Å². The quantitative estimate of drug-likeness (QED) is 0.564. The van der Waals surface area contributed by atoms with Crippen LogP contribution in [0.4, 0.5) is 0 Å². The highest BCUT2D eigenvalue weighted by molar-refractivity contribution is 7.89.